The quantitative estimate of drug-likeness (QED) is 0.512. The molecule has 0 fully saturated rings. The second kappa shape index (κ2) is 5.35. The third kappa shape index (κ3) is 2.89. The number of amides is 1. The van der Waals surface area contributed by atoms with Crippen LogP contribution in [0.25, 0.3) is 0 Å². The third-order valence-corrected chi connectivity index (χ3v) is 2.55. The van der Waals surface area contributed by atoms with Gasteiger partial charge in [0.05, 0.1) is 4.92 Å². The Morgan fingerprint density at radius 2 is 1.85 bits per heavy atom. The smallest absolute Gasteiger partial charge is 0.269 e. The summed E-state index contributed by atoms with van der Waals surface area (Å²) in [5.41, 5.74) is 0.241. The fraction of sp³-hybridized carbons (Fsp3) is 0. The van der Waals surface area contributed by atoms with Crippen LogP contribution in [0.5, 0.6) is 5.75 Å². The highest BCUT2D eigenvalue weighted by molar-refractivity contribution is 6.04. The van der Waals surface area contributed by atoms with Crippen molar-refractivity contribution < 1.29 is 19.2 Å². The zero-order chi connectivity index (χ0) is 14.7. The Morgan fingerprint density at radius 3 is 2.40 bits per heavy atom. The first-order valence-electron chi connectivity index (χ1n) is 5.51. The molecule has 0 bridgehead atoms. The van der Waals surface area contributed by atoms with Gasteiger partial charge in [-0.2, -0.15) is 0 Å². The maximum Gasteiger partial charge on any atom is 0.269 e. The lowest BCUT2D eigenvalue weighted by Crippen LogP contribution is -2.11. The zero-order valence-corrected chi connectivity index (χ0v) is 10.0. The number of nitrogens with zero attached hydrogens (tertiary/aromatic N) is 1. The van der Waals surface area contributed by atoms with Crippen molar-refractivity contribution in [1.29, 1.82) is 0 Å². The summed E-state index contributed by atoms with van der Waals surface area (Å²) < 4.78 is 13.1. The topological polar surface area (TPSA) is 92.5 Å². The molecule has 2 rings (SSSR count). The molecule has 0 saturated carbocycles. The van der Waals surface area contributed by atoms with Crippen molar-refractivity contribution in [3.8, 4) is 5.75 Å². The number of aromatic hydroxyl groups is 1. The maximum absolute atomic E-state index is 13.1. The fourth-order valence-electron chi connectivity index (χ4n) is 1.52. The van der Waals surface area contributed by atoms with Crippen LogP contribution in [0.2, 0.25) is 0 Å². The molecule has 0 heterocycles. The van der Waals surface area contributed by atoms with Gasteiger partial charge in [-0.05, 0) is 24.3 Å². The number of anilines is 1. The van der Waals surface area contributed by atoms with Crippen LogP contribution < -0.4 is 5.32 Å². The van der Waals surface area contributed by atoms with E-state index in [9.17, 15) is 19.3 Å². The number of carbonyl (C=O) groups excluding carboxylic acids is 1. The summed E-state index contributed by atoms with van der Waals surface area (Å²) in [5, 5.41) is 21.9. The van der Waals surface area contributed by atoms with E-state index in [1.54, 1.807) is 0 Å². The first-order chi connectivity index (χ1) is 9.47. The molecule has 0 unspecified atom stereocenters. The largest absolute Gasteiger partial charge is 0.505 e. The molecule has 0 aliphatic carbocycles. The van der Waals surface area contributed by atoms with E-state index in [-0.39, 0.29) is 16.9 Å². The van der Waals surface area contributed by atoms with Crippen LogP contribution in [0.15, 0.2) is 42.5 Å². The molecule has 102 valence electrons. The number of phenolic OH excluding ortho intramolecular Hbond substituents is 1. The van der Waals surface area contributed by atoms with Gasteiger partial charge in [-0.1, -0.05) is 0 Å². The number of nitro benzene ring substituents is 1. The lowest BCUT2D eigenvalue weighted by Gasteiger charge is -2.05. The van der Waals surface area contributed by atoms with Gasteiger partial charge in [-0.25, -0.2) is 4.39 Å². The van der Waals surface area contributed by atoms with Crippen LogP contribution >= 0.6 is 0 Å². The lowest BCUT2D eigenvalue weighted by atomic mass is 10.2. The molecule has 0 radical (unpaired) electrons. The Morgan fingerprint density at radius 1 is 1.20 bits per heavy atom. The average Bonchev–Trinajstić information content (AvgIpc) is 2.43. The van der Waals surface area contributed by atoms with E-state index in [0.717, 1.165) is 12.1 Å². The molecule has 0 aromatic heterocycles. The monoisotopic (exact) mass is 276 g/mol. The number of non-ortho nitro benzene ring substituents is 1. The van der Waals surface area contributed by atoms with Crippen molar-refractivity contribution in [2.24, 2.45) is 0 Å². The standard InChI is InChI=1S/C13H9FN2O4/c14-11-7-9(3-6-12(11)17)15-13(18)8-1-4-10(5-2-8)16(19)20/h1-7,17H,(H,15,18). The number of carbonyl (C=O) groups is 1. The molecule has 2 aromatic carbocycles. The van der Waals surface area contributed by atoms with Gasteiger partial charge >= 0.3 is 0 Å². The van der Waals surface area contributed by atoms with Crippen molar-refractivity contribution in [2.75, 3.05) is 5.32 Å². The van der Waals surface area contributed by atoms with Gasteiger partial charge < -0.3 is 10.4 Å². The SMILES string of the molecule is O=C(Nc1ccc(O)c(F)c1)c1ccc([N+](=O)[O-])cc1. The van der Waals surface area contributed by atoms with Crippen LogP contribution in [0.4, 0.5) is 15.8 Å². The molecular weight excluding hydrogens is 267 g/mol. The van der Waals surface area contributed by atoms with E-state index in [2.05, 4.69) is 5.32 Å². The fourth-order valence-corrected chi connectivity index (χ4v) is 1.52. The zero-order valence-electron chi connectivity index (χ0n) is 10.0. The van der Waals surface area contributed by atoms with Gasteiger partial charge in [0.25, 0.3) is 11.6 Å². The maximum atomic E-state index is 13.1. The van der Waals surface area contributed by atoms with E-state index >= 15 is 0 Å². The van der Waals surface area contributed by atoms with Crippen LogP contribution in [-0.2, 0) is 0 Å². The number of halogens is 1. The number of benzene rings is 2. The average molecular weight is 276 g/mol. The van der Waals surface area contributed by atoms with Gasteiger partial charge in [-0.15, -0.1) is 0 Å². The van der Waals surface area contributed by atoms with Crippen molar-refractivity contribution in [3.05, 3.63) is 64.0 Å². The molecular formula is C13H9FN2O4. The molecule has 0 aliphatic heterocycles. The summed E-state index contributed by atoms with van der Waals surface area (Å²) in [7, 11) is 0. The molecule has 0 atom stereocenters. The Labute approximate surface area is 112 Å². The first kappa shape index (κ1) is 13.5. The van der Waals surface area contributed by atoms with Gasteiger partial charge in [0.2, 0.25) is 0 Å². The Kier molecular flexibility index (Phi) is 3.60. The predicted octanol–water partition coefficient (Wildman–Crippen LogP) is 2.69. The number of hydrogen-bond donors (Lipinski definition) is 2. The van der Waals surface area contributed by atoms with Crippen molar-refractivity contribution in [3.63, 3.8) is 0 Å². The highest BCUT2D eigenvalue weighted by Crippen LogP contribution is 2.20. The first-order valence-corrected chi connectivity index (χ1v) is 5.51. The summed E-state index contributed by atoms with van der Waals surface area (Å²) in [6.07, 6.45) is 0. The second-order valence-electron chi connectivity index (χ2n) is 3.92. The predicted molar refractivity (Wildman–Crippen MR) is 69.1 cm³/mol. The Bertz CT molecular complexity index is 671. The lowest BCUT2D eigenvalue weighted by molar-refractivity contribution is -0.384. The summed E-state index contributed by atoms with van der Waals surface area (Å²) in [6.45, 7) is 0. The second-order valence-corrected chi connectivity index (χ2v) is 3.92. The summed E-state index contributed by atoms with van der Waals surface area (Å²) in [6, 6.07) is 8.41. The molecule has 6 nitrogen and oxygen atoms in total. The van der Waals surface area contributed by atoms with E-state index in [0.29, 0.717) is 0 Å². The van der Waals surface area contributed by atoms with Crippen molar-refractivity contribution in [2.45, 2.75) is 0 Å². The highest BCUT2D eigenvalue weighted by Gasteiger charge is 2.10. The van der Waals surface area contributed by atoms with E-state index in [1.165, 1.54) is 30.3 Å². The minimum absolute atomic E-state index is 0.128. The summed E-state index contributed by atoms with van der Waals surface area (Å²) >= 11 is 0. The van der Waals surface area contributed by atoms with Gasteiger partial charge in [-0.3, -0.25) is 14.9 Å². The molecule has 20 heavy (non-hydrogen) atoms. The summed E-state index contributed by atoms with van der Waals surface area (Å²) in [5.74, 6) is -1.91. The molecule has 1 amide bonds. The summed E-state index contributed by atoms with van der Waals surface area (Å²) in [4.78, 5) is 21.7. The van der Waals surface area contributed by atoms with Crippen LogP contribution in [0, 0.1) is 15.9 Å². The Balaban J connectivity index is 2.15. The Hall–Kier alpha value is -2.96. The third-order valence-electron chi connectivity index (χ3n) is 2.55. The molecule has 0 aliphatic rings. The van der Waals surface area contributed by atoms with Gasteiger partial charge in [0, 0.05) is 29.4 Å². The van der Waals surface area contributed by atoms with Gasteiger partial charge in [0.1, 0.15) is 0 Å². The molecule has 0 spiro atoms. The van der Waals surface area contributed by atoms with Crippen molar-refractivity contribution >= 4 is 17.3 Å². The minimum atomic E-state index is -0.855. The van der Waals surface area contributed by atoms with E-state index < -0.39 is 22.4 Å². The van der Waals surface area contributed by atoms with Crippen LogP contribution in [-0.4, -0.2) is 15.9 Å². The normalized spacial score (nSPS) is 10.1. The number of phenols is 1. The number of nitrogens with one attached hydrogen (secondary N) is 1. The molecule has 2 aromatic rings. The van der Waals surface area contributed by atoms with Crippen LogP contribution in [0.3, 0.4) is 0 Å². The van der Waals surface area contributed by atoms with Crippen molar-refractivity contribution in [1.82, 2.24) is 0 Å². The van der Waals surface area contributed by atoms with E-state index in [1.807, 2.05) is 0 Å². The number of nitro groups is 1. The minimum Gasteiger partial charge on any atom is -0.505 e. The molecule has 7 heteroatoms. The van der Waals surface area contributed by atoms with Crippen LogP contribution in [0.1, 0.15) is 10.4 Å². The van der Waals surface area contributed by atoms with Gasteiger partial charge in [0.15, 0.2) is 11.6 Å². The number of hydrogen-bond acceptors (Lipinski definition) is 4. The molecule has 2 N–H and O–H groups in total. The van der Waals surface area contributed by atoms with E-state index in [4.69, 9.17) is 5.11 Å². The number of rotatable bonds is 3. The molecule has 0 saturated heterocycles. The highest BCUT2D eigenvalue weighted by atomic mass is 19.1.